The van der Waals surface area contributed by atoms with E-state index in [1.807, 2.05) is 0 Å². The fourth-order valence-electron chi connectivity index (χ4n) is 1.79. The normalized spacial score (nSPS) is 10.4. The molecule has 112 valence electrons. The average Bonchev–Trinajstić information content (AvgIpc) is 2.99. The number of imidazole rings is 1. The molecule has 0 spiro atoms. The first-order valence-corrected chi connectivity index (χ1v) is 7.24. The molecule has 6 nitrogen and oxygen atoms in total. The summed E-state index contributed by atoms with van der Waals surface area (Å²) in [4.78, 5) is 23.4. The minimum atomic E-state index is -0.214. The number of hydrogen-bond donors (Lipinski definition) is 3. The second kappa shape index (κ2) is 7.64. The largest absolute Gasteiger partial charge is 0.370 e. The Balaban J connectivity index is 1.94. The number of nitrogens with zero attached hydrogens (tertiary/aromatic N) is 2. The van der Waals surface area contributed by atoms with Gasteiger partial charge in [0.05, 0.1) is 10.6 Å². The number of aromatic amines is 1. The molecule has 2 rings (SSSR count). The van der Waals surface area contributed by atoms with E-state index >= 15 is 0 Å². The SMILES string of the molecule is CCCNc1cc(C(=O)NCCc2ncc[nH]2)c(Cl)cn1. The molecule has 1 amide bonds. The number of aromatic nitrogens is 3. The molecular formula is C14H18ClN5O. The van der Waals surface area contributed by atoms with Gasteiger partial charge in [0.15, 0.2) is 0 Å². The van der Waals surface area contributed by atoms with E-state index in [2.05, 4.69) is 32.5 Å². The van der Waals surface area contributed by atoms with Crippen molar-refractivity contribution >= 4 is 23.3 Å². The number of carbonyl (C=O) groups is 1. The molecule has 0 bridgehead atoms. The first kappa shape index (κ1) is 15.3. The summed E-state index contributed by atoms with van der Waals surface area (Å²) >= 11 is 6.03. The molecule has 0 fully saturated rings. The van der Waals surface area contributed by atoms with Crippen molar-refractivity contribution in [3.63, 3.8) is 0 Å². The third-order valence-corrected chi connectivity index (χ3v) is 3.16. The maximum absolute atomic E-state index is 12.1. The van der Waals surface area contributed by atoms with Crippen molar-refractivity contribution in [2.24, 2.45) is 0 Å². The number of nitrogens with one attached hydrogen (secondary N) is 3. The molecule has 2 heterocycles. The van der Waals surface area contributed by atoms with Gasteiger partial charge in [-0.1, -0.05) is 18.5 Å². The third kappa shape index (κ3) is 4.46. The molecule has 0 aliphatic carbocycles. The lowest BCUT2D eigenvalue weighted by molar-refractivity contribution is 0.0954. The van der Waals surface area contributed by atoms with Crippen molar-refractivity contribution in [1.29, 1.82) is 0 Å². The zero-order valence-electron chi connectivity index (χ0n) is 11.8. The van der Waals surface area contributed by atoms with Crippen molar-refractivity contribution in [2.75, 3.05) is 18.4 Å². The lowest BCUT2D eigenvalue weighted by atomic mass is 10.2. The summed E-state index contributed by atoms with van der Waals surface area (Å²) in [5.74, 6) is 1.27. The van der Waals surface area contributed by atoms with Crippen LogP contribution in [0.4, 0.5) is 5.82 Å². The van der Waals surface area contributed by atoms with E-state index in [9.17, 15) is 4.79 Å². The van der Waals surface area contributed by atoms with E-state index in [1.165, 1.54) is 6.20 Å². The fourth-order valence-corrected chi connectivity index (χ4v) is 1.98. The zero-order valence-corrected chi connectivity index (χ0v) is 12.6. The van der Waals surface area contributed by atoms with Crippen LogP contribution in [0.15, 0.2) is 24.7 Å². The Bertz CT molecular complexity index is 585. The number of halogens is 1. The zero-order chi connectivity index (χ0) is 15.1. The summed E-state index contributed by atoms with van der Waals surface area (Å²) < 4.78 is 0. The Morgan fingerprint density at radius 2 is 2.24 bits per heavy atom. The Kier molecular flexibility index (Phi) is 5.57. The van der Waals surface area contributed by atoms with Crippen LogP contribution in [-0.4, -0.2) is 33.9 Å². The molecule has 2 aromatic heterocycles. The highest BCUT2D eigenvalue weighted by molar-refractivity contribution is 6.33. The smallest absolute Gasteiger partial charge is 0.253 e. The molecule has 0 radical (unpaired) electrons. The Morgan fingerprint density at radius 1 is 1.38 bits per heavy atom. The van der Waals surface area contributed by atoms with Crippen LogP contribution in [0.3, 0.4) is 0 Å². The molecule has 7 heteroatoms. The van der Waals surface area contributed by atoms with Gasteiger partial charge in [-0.05, 0) is 12.5 Å². The van der Waals surface area contributed by atoms with Crippen molar-refractivity contribution in [3.05, 3.63) is 41.1 Å². The molecule has 2 aromatic rings. The molecular weight excluding hydrogens is 290 g/mol. The van der Waals surface area contributed by atoms with Gasteiger partial charge >= 0.3 is 0 Å². The van der Waals surface area contributed by atoms with Crippen LogP contribution < -0.4 is 10.6 Å². The second-order valence-electron chi connectivity index (χ2n) is 4.52. The number of hydrogen-bond acceptors (Lipinski definition) is 4. The van der Waals surface area contributed by atoms with E-state index in [0.29, 0.717) is 29.4 Å². The van der Waals surface area contributed by atoms with Gasteiger partial charge in [0.2, 0.25) is 0 Å². The van der Waals surface area contributed by atoms with Gasteiger partial charge < -0.3 is 15.6 Å². The molecule has 0 aliphatic heterocycles. The molecule has 0 atom stereocenters. The number of anilines is 1. The standard InChI is InChI=1S/C14H18ClN5O/c1-2-4-16-13-8-10(11(15)9-20-13)14(21)19-5-3-12-17-6-7-18-12/h6-9H,2-5H2,1H3,(H,16,20)(H,17,18)(H,19,21). The highest BCUT2D eigenvalue weighted by atomic mass is 35.5. The number of amides is 1. The lowest BCUT2D eigenvalue weighted by Crippen LogP contribution is -2.26. The van der Waals surface area contributed by atoms with Crippen LogP contribution in [0.5, 0.6) is 0 Å². The highest BCUT2D eigenvalue weighted by Crippen LogP contribution is 2.17. The van der Waals surface area contributed by atoms with E-state index in [4.69, 9.17) is 11.6 Å². The number of carbonyl (C=O) groups excluding carboxylic acids is 1. The highest BCUT2D eigenvalue weighted by Gasteiger charge is 2.11. The van der Waals surface area contributed by atoms with Crippen molar-refractivity contribution < 1.29 is 4.79 Å². The van der Waals surface area contributed by atoms with Gasteiger partial charge in [-0.2, -0.15) is 0 Å². The first-order valence-electron chi connectivity index (χ1n) is 6.86. The van der Waals surface area contributed by atoms with Gasteiger partial charge in [-0.25, -0.2) is 9.97 Å². The summed E-state index contributed by atoms with van der Waals surface area (Å²) in [6, 6.07) is 1.67. The molecule has 0 saturated heterocycles. The quantitative estimate of drug-likeness (QED) is 0.732. The van der Waals surface area contributed by atoms with Gasteiger partial charge in [0.1, 0.15) is 11.6 Å². The summed E-state index contributed by atoms with van der Waals surface area (Å²) in [5.41, 5.74) is 0.421. The van der Waals surface area contributed by atoms with Crippen molar-refractivity contribution in [3.8, 4) is 0 Å². The summed E-state index contributed by atoms with van der Waals surface area (Å²) in [6.07, 6.45) is 6.55. The summed E-state index contributed by atoms with van der Waals surface area (Å²) in [6.45, 7) is 3.35. The first-order chi connectivity index (χ1) is 10.2. The monoisotopic (exact) mass is 307 g/mol. The third-order valence-electron chi connectivity index (χ3n) is 2.86. The molecule has 0 saturated carbocycles. The summed E-state index contributed by atoms with van der Waals surface area (Å²) in [5, 5.41) is 6.29. The van der Waals surface area contributed by atoms with Gasteiger partial charge in [0.25, 0.3) is 5.91 Å². The number of pyridine rings is 1. The summed E-state index contributed by atoms with van der Waals surface area (Å²) in [7, 11) is 0. The van der Waals surface area contributed by atoms with Crippen LogP contribution in [0.1, 0.15) is 29.5 Å². The topological polar surface area (TPSA) is 82.7 Å². The maximum atomic E-state index is 12.1. The van der Waals surface area contributed by atoms with Gasteiger partial charge in [0, 0.05) is 38.1 Å². The molecule has 3 N–H and O–H groups in total. The van der Waals surface area contributed by atoms with Crippen LogP contribution >= 0.6 is 11.6 Å². The van der Waals surface area contributed by atoms with Crippen LogP contribution in [-0.2, 0) is 6.42 Å². The minimum absolute atomic E-state index is 0.214. The average molecular weight is 308 g/mol. The lowest BCUT2D eigenvalue weighted by Gasteiger charge is -2.09. The minimum Gasteiger partial charge on any atom is -0.370 e. The van der Waals surface area contributed by atoms with Crippen LogP contribution in [0.25, 0.3) is 0 Å². The van der Waals surface area contributed by atoms with Crippen LogP contribution in [0.2, 0.25) is 5.02 Å². The molecule has 0 aliphatic rings. The van der Waals surface area contributed by atoms with E-state index in [1.54, 1.807) is 18.5 Å². The molecule has 0 unspecified atom stereocenters. The Hall–Kier alpha value is -2.08. The predicted octanol–water partition coefficient (Wildman–Crippen LogP) is 2.25. The van der Waals surface area contributed by atoms with E-state index in [-0.39, 0.29) is 5.91 Å². The Morgan fingerprint density at radius 3 is 2.95 bits per heavy atom. The molecule has 21 heavy (non-hydrogen) atoms. The second-order valence-corrected chi connectivity index (χ2v) is 4.93. The van der Waals surface area contributed by atoms with Gasteiger partial charge in [-0.3, -0.25) is 4.79 Å². The van der Waals surface area contributed by atoms with Crippen molar-refractivity contribution in [2.45, 2.75) is 19.8 Å². The maximum Gasteiger partial charge on any atom is 0.253 e. The van der Waals surface area contributed by atoms with E-state index < -0.39 is 0 Å². The predicted molar refractivity (Wildman–Crippen MR) is 82.7 cm³/mol. The van der Waals surface area contributed by atoms with Crippen LogP contribution in [0, 0.1) is 0 Å². The van der Waals surface area contributed by atoms with E-state index in [0.717, 1.165) is 18.8 Å². The molecule has 0 aromatic carbocycles. The number of rotatable bonds is 7. The van der Waals surface area contributed by atoms with Crippen molar-refractivity contribution in [1.82, 2.24) is 20.3 Å². The number of H-pyrrole nitrogens is 1. The van der Waals surface area contributed by atoms with Gasteiger partial charge in [-0.15, -0.1) is 0 Å². The Labute approximate surface area is 128 Å². The fraction of sp³-hybridized carbons (Fsp3) is 0.357.